The van der Waals surface area contributed by atoms with E-state index in [4.69, 9.17) is 28.3 Å². The van der Waals surface area contributed by atoms with Gasteiger partial charge in [-0.1, -0.05) is 29.3 Å². The molecule has 2 amide bonds. The van der Waals surface area contributed by atoms with Crippen LogP contribution in [0.4, 0.5) is 10.6 Å². The van der Waals surface area contributed by atoms with Gasteiger partial charge in [-0.05, 0) is 29.8 Å². The molecule has 0 aliphatic carbocycles. The molecule has 1 aromatic carbocycles. The van der Waals surface area contributed by atoms with Gasteiger partial charge in [-0.3, -0.25) is 5.32 Å². The standard InChI is InChI=1S/C14H14Cl2N4O2/c15-11-4-3-10(8-12(11)16)9-20(6-7-21)14(22)18-13-2-1-5-17-19-13/h1-5,8,21H,6-7,9H2,(H,18,19,22). The van der Waals surface area contributed by atoms with Gasteiger partial charge in [0.25, 0.3) is 0 Å². The Hall–Kier alpha value is -1.89. The number of aliphatic hydroxyl groups is 1. The lowest BCUT2D eigenvalue weighted by Gasteiger charge is -2.22. The van der Waals surface area contributed by atoms with Gasteiger partial charge >= 0.3 is 6.03 Å². The summed E-state index contributed by atoms with van der Waals surface area (Å²) in [6.45, 7) is 0.297. The first-order valence-corrected chi connectivity index (χ1v) is 7.24. The van der Waals surface area contributed by atoms with E-state index in [1.807, 2.05) is 0 Å². The summed E-state index contributed by atoms with van der Waals surface area (Å²) in [5.74, 6) is 0.338. The van der Waals surface area contributed by atoms with Crippen molar-refractivity contribution in [1.29, 1.82) is 0 Å². The van der Waals surface area contributed by atoms with E-state index in [1.165, 1.54) is 11.1 Å². The van der Waals surface area contributed by atoms with Crippen LogP contribution in [0, 0.1) is 0 Å². The average Bonchev–Trinajstić information content (AvgIpc) is 2.51. The van der Waals surface area contributed by atoms with Crippen LogP contribution in [0.25, 0.3) is 0 Å². The minimum Gasteiger partial charge on any atom is -0.395 e. The fraction of sp³-hybridized carbons (Fsp3) is 0.214. The number of nitrogens with zero attached hydrogens (tertiary/aromatic N) is 3. The van der Waals surface area contributed by atoms with Crippen LogP contribution in [0.1, 0.15) is 5.56 Å². The fourth-order valence-corrected chi connectivity index (χ4v) is 2.11. The monoisotopic (exact) mass is 340 g/mol. The highest BCUT2D eigenvalue weighted by atomic mass is 35.5. The summed E-state index contributed by atoms with van der Waals surface area (Å²) in [5.41, 5.74) is 0.803. The van der Waals surface area contributed by atoms with Crippen molar-refractivity contribution in [3.8, 4) is 0 Å². The number of amides is 2. The number of urea groups is 1. The molecule has 116 valence electrons. The van der Waals surface area contributed by atoms with Gasteiger partial charge in [-0.25, -0.2) is 4.79 Å². The first-order valence-electron chi connectivity index (χ1n) is 6.48. The summed E-state index contributed by atoms with van der Waals surface area (Å²) < 4.78 is 0. The van der Waals surface area contributed by atoms with Crippen molar-refractivity contribution < 1.29 is 9.90 Å². The van der Waals surface area contributed by atoms with E-state index < -0.39 is 0 Å². The minimum absolute atomic E-state index is 0.158. The smallest absolute Gasteiger partial charge is 0.323 e. The summed E-state index contributed by atoms with van der Waals surface area (Å²) in [6.07, 6.45) is 1.51. The maximum absolute atomic E-state index is 12.2. The third kappa shape index (κ3) is 4.56. The zero-order valence-corrected chi connectivity index (χ0v) is 13.1. The van der Waals surface area contributed by atoms with E-state index in [0.29, 0.717) is 15.9 Å². The molecule has 0 aliphatic heterocycles. The Balaban J connectivity index is 2.08. The van der Waals surface area contributed by atoms with Crippen molar-refractivity contribution in [2.45, 2.75) is 6.54 Å². The predicted octanol–water partition coefficient (Wildman–Crippen LogP) is 2.81. The van der Waals surface area contributed by atoms with Gasteiger partial charge in [-0.15, -0.1) is 5.10 Å². The highest BCUT2D eigenvalue weighted by Crippen LogP contribution is 2.23. The second kappa shape index (κ2) is 7.93. The van der Waals surface area contributed by atoms with Crippen LogP contribution in [0.3, 0.4) is 0 Å². The topological polar surface area (TPSA) is 78.4 Å². The summed E-state index contributed by atoms with van der Waals surface area (Å²) in [7, 11) is 0. The zero-order valence-electron chi connectivity index (χ0n) is 11.5. The Bertz CT molecular complexity index is 640. The number of nitrogens with one attached hydrogen (secondary N) is 1. The molecular formula is C14H14Cl2N4O2. The van der Waals surface area contributed by atoms with E-state index in [0.717, 1.165) is 5.56 Å². The Morgan fingerprint density at radius 1 is 1.27 bits per heavy atom. The van der Waals surface area contributed by atoms with E-state index >= 15 is 0 Å². The lowest BCUT2D eigenvalue weighted by molar-refractivity contribution is 0.185. The van der Waals surface area contributed by atoms with E-state index in [2.05, 4.69) is 15.5 Å². The molecule has 0 saturated carbocycles. The zero-order chi connectivity index (χ0) is 15.9. The van der Waals surface area contributed by atoms with Gasteiger partial charge in [0.15, 0.2) is 5.82 Å². The van der Waals surface area contributed by atoms with Crippen molar-refractivity contribution in [1.82, 2.24) is 15.1 Å². The van der Waals surface area contributed by atoms with Gasteiger partial charge < -0.3 is 10.0 Å². The minimum atomic E-state index is -0.388. The summed E-state index contributed by atoms with van der Waals surface area (Å²) >= 11 is 11.8. The first-order chi connectivity index (χ1) is 10.6. The SMILES string of the molecule is O=C(Nc1cccnn1)N(CCO)Cc1ccc(Cl)c(Cl)c1. The Labute approximate surface area is 137 Å². The molecule has 0 fully saturated rings. The maximum Gasteiger partial charge on any atom is 0.323 e. The number of halogens is 2. The number of hydrogen-bond acceptors (Lipinski definition) is 4. The van der Waals surface area contributed by atoms with Crippen molar-refractivity contribution in [3.05, 3.63) is 52.1 Å². The van der Waals surface area contributed by atoms with Gasteiger partial charge in [0, 0.05) is 19.3 Å². The van der Waals surface area contributed by atoms with Crippen LogP contribution in [-0.4, -0.2) is 39.4 Å². The van der Waals surface area contributed by atoms with Crippen molar-refractivity contribution in [3.63, 3.8) is 0 Å². The molecule has 0 unspecified atom stereocenters. The lowest BCUT2D eigenvalue weighted by Crippen LogP contribution is -2.36. The van der Waals surface area contributed by atoms with Crippen molar-refractivity contribution in [2.24, 2.45) is 0 Å². The highest BCUT2D eigenvalue weighted by Gasteiger charge is 2.15. The number of carbonyl (C=O) groups is 1. The van der Waals surface area contributed by atoms with Crippen LogP contribution < -0.4 is 5.32 Å². The van der Waals surface area contributed by atoms with Gasteiger partial charge in [0.1, 0.15) is 0 Å². The Morgan fingerprint density at radius 3 is 2.73 bits per heavy atom. The van der Waals surface area contributed by atoms with Gasteiger partial charge in [0.05, 0.1) is 16.7 Å². The second-order valence-corrected chi connectivity index (χ2v) is 5.25. The van der Waals surface area contributed by atoms with Gasteiger partial charge in [-0.2, -0.15) is 5.10 Å². The third-order valence-corrected chi connectivity index (χ3v) is 3.56. The first kappa shape index (κ1) is 16.5. The number of carbonyl (C=O) groups excluding carboxylic acids is 1. The average molecular weight is 341 g/mol. The summed E-state index contributed by atoms with van der Waals surface area (Å²) in [5, 5.41) is 20.1. The molecule has 8 heteroatoms. The highest BCUT2D eigenvalue weighted by molar-refractivity contribution is 6.42. The molecule has 1 heterocycles. The van der Waals surface area contributed by atoms with Crippen LogP contribution >= 0.6 is 23.2 Å². The Kier molecular flexibility index (Phi) is 5.94. The van der Waals surface area contributed by atoms with Crippen LogP contribution in [0.2, 0.25) is 10.0 Å². The number of benzene rings is 1. The molecule has 1 aromatic heterocycles. The molecule has 0 spiro atoms. The Morgan fingerprint density at radius 2 is 2.09 bits per heavy atom. The predicted molar refractivity (Wildman–Crippen MR) is 85.0 cm³/mol. The van der Waals surface area contributed by atoms with E-state index in [-0.39, 0.29) is 25.7 Å². The van der Waals surface area contributed by atoms with Gasteiger partial charge in [0.2, 0.25) is 0 Å². The molecule has 0 bridgehead atoms. The second-order valence-electron chi connectivity index (χ2n) is 4.43. The molecule has 0 saturated heterocycles. The summed E-state index contributed by atoms with van der Waals surface area (Å²) in [4.78, 5) is 13.7. The lowest BCUT2D eigenvalue weighted by atomic mass is 10.2. The molecule has 2 aromatic rings. The molecule has 0 atom stereocenters. The number of aromatic nitrogens is 2. The number of aliphatic hydroxyl groups excluding tert-OH is 1. The van der Waals surface area contributed by atoms with E-state index in [9.17, 15) is 4.79 Å². The molecular weight excluding hydrogens is 327 g/mol. The van der Waals surface area contributed by atoms with E-state index in [1.54, 1.807) is 30.3 Å². The maximum atomic E-state index is 12.2. The molecule has 2 rings (SSSR count). The number of anilines is 1. The summed E-state index contributed by atoms with van der Waals surface area (Å²) in [6, 6.07) is 8.02. The molecule has 0 radical (unpaired) electrons. The quantitative estimate of drug-likeness (QED) is 0.877. The third-order valence-electron chi connectivity index (χ3n) is 2.82. The molecule has 2 N–H and O–H groups in total. The van der Waals surface area contributed by atoms with Crippen molar-refractivity contribution in [2.75, 3.05) is 18.5 Å². The molecule has 22 heavy (non-hydrogen) atoms. The number of rotatable bonds is 5. The van der Waals surface area contributed by atoms with Crippen molar-refractivity contribution >= 4 is 35.1 Å². The van der Waals surface area contributed by atoms with Crippen LogP contribution in [-0.2, 0) is 6.54 Å². The van der Waals surface area contributed by atoms with Crippen LogP contribution in [0.15, 0.2) is 36.5 Å². The largest absolute Gasteiger partial charge is 0.395 e. The number of hydrogen-bond donors (Lipinski definition) is 2. The molecule has 6 nitrogen and oxygen atoms in total. The normalized spacial score (nSPS) is 10.3. The molecule has 0 aliphatic rings. The van der Waals surface area contributed by atoms with Crippen LogP contribution in [0.5, 0.6) is 0 Å². The fourth-order valence-electron chi connectivity index (χ4n) is 1.79.